The van der Waals surface area contributed by atoms with Crippen molar-refractivity contribution in [3.63, 3.8) is 0 Å². The second kappa shape index (κ2) is 7.74. The highest BCUT2D eigenvalue weighted by molar-refractivity contribution is 5.81. The van der Waals surface area contributed by atoms with Gasteiger partial charge >= 0.3 is 6.18 Å². The maximum Gasteiger partial charge on any atom is 0.418 e. The summed E-state index contributed by atoms with van der Waals surface area (Å²) in [7, 11) is 0. The van der Waals surface area contributed by atoms with Crippen molar-refractivity contribution in [2.45, 2.75) is 32.1 Å². The van der Waals surface area contributed by atoms with Gasteiger partial charge in [-0.25, -0.2) is 0 Å². The predicted octanol–water partition coefficient (Wildman–Crippen LogP) is 1.83. The minimum absolute atomic E-state index is 0.103. The molecule has 1 aliphatic heterocycles. The first-order valence-corrected chi connectivity index (χ1v) is 7.54. The van der Waals surface area contributed by atoms with Crippen molar-refractivity contribution in [2.75, 3.05) is 26.3 Å². The van der Waals surface area contributed by atoms with Crippen molar-refractivity contribution < 1.29 is 22.7 Å². The normalized spacial score (nSPS) is 17.1. The predicted molar refractivity (Wildman–Crippen MR) is 77.6 cm³/mol. The molecule has 8 heteroatoms. The maximum atomic E-state index is 12.9. The van der Waals surface area contributed by atoms with Crippen LogP contribution in [0.15, 0.2) is 18.3 Å². The molecule has 1 aromatic heterocycles. The Bertz CT molecular complexity index is 531. The highest BCUT2D eigenvalue weighted by Crippen LogP contribution is 2.30. The Morgan fingerprint density at radius 2 is 2.13 bits per heavy atom. The summed E-state index contributed by atoms with van der Waals surface area (Å²) in [5.74, 6) is -0.111. The molecule has 1 fully saturated rings. The molecule has 2 heterocycles. The minimum atomic E-state index is -4.46. The van der Waals surface area contributed by atoms with Crippen LogP contribution in [0, 0.1) is 0 Å². The van der Waals surface area contributed by atoms with Crippen LogP contribution < -0.4 is 5.32 Å². The van der Waals surface area contributed by atoms with Crippen LogP contribution in [0.5, 0.6) is 0 Å². The third-order valence-corrected chi connectivity index (χ3v) is 3.74. The Morgan fingerprint density at radius 1 is 1.43 bits per heavy atom. The quantitative estimate of drug-likeness (QED) is 0.894. The Morgan fingerprint density at radius 3 is 2.74 bits per heavy atom. The van der Waals surface area contributed by atoms with Gasteiger partial charge in [0.25, 0.3) is 0 Å². The number of rotatable bonds is 5. The summed E-state index contributed by atoms with van der Waals surface area (Å²) in [6, 6.07) is 1.72. The van der Waals surface area contributed by atoms with Crippen LogP contribution in [0.2, 0.25) is 0 Å². The summed E-state index contributed by atoms with van der Waals surface area (Å²) in [5.41, 5.74) is -0.880. The molecule has 1 amide bonds. The van der Waals surface area contributed by atoms with Crippen molar-refractivity contribution in [3.05, 3.63) is 29.6 Å². The Balaban J connectivity index is 2.02. The lowest BCUT2D eigenvalue weighted by molar-refractivity contribution is -0.138. The van der Waals surface area contributed by atoms with Crippen LogP contribution in [-0.2, 0) is 22.3 Å². The second-order valence-corrected chi connectivity index (χ2v) is 5.27. The Kier molecular flexibility index (Phi) is 5.95. The number of hydrogen-bond donors (Lipinski definition) is 1. The number of hydrogen-bond acceptors (Lipinski definition) is 4. The molecule has 1 atom stereocenters. The topological polar surface area (TPSA) is 54.5 Å². The molecule has 1 aliphatic rings. The van der Waals surface area contributed by atoms with Gasteiger partial charge in [0.1, 0.15) is 0 Å². The van der Waals surface area contributed by atoms with Gasteiger partial charge in [0.2, 0.25) is 5.91 Å². The van der Waals surface area contributed by atoms with Crippen LogP contribution in [0.3, 0.4) is 0 Å². The zero-order valence-electron chi connectivity index (χ0n) is 12.9. The first-order valence-electron chi connectivity index (χ1n) is 7.54. The smallest absolute Gasteiger partial charge is 0.378 e. The van der Waals surface area contributed by atoms with E-state index in [9.17, 15) is 18.0 Å². The summed E-state index contributed by atoms with van der Waals surface area (Å²) >= 11 is 0. The molecular weight excluding hydrogens is 311 g/mol. The van der Waals surface area contributed by atoms with Gasteiger partial charge in [-0.2, -0.15) is 13.2 Å². The number of ether oxygens (including phenoxy) is 1. The van der Waals surface area contributed by atoms with E-state index in [0.717, 1.165) is 6.07 Å². The van der Waals surface area contributed by atoms with Crippen LogP contribution >= 0.6 is 0 Å². The molecule has 0 aromatic carbocycles. The van der Waals surface area contributed by atoms with E-state index < -0.39 is 17.8 Å². The molecule has 0 aliphatic carbocycles. The average molecular weight is 331 g/mol. The van der Waals surface area contributed by atoms with Gasteiger partial charge in [0.15, 0.2) is 0 Å². The summed E-state index contributed by atoms with van der Waals surface area (Å²) < 4.78 is 44.0. The van der Waals surface area contributed by atoms with E-state index in [1.807, 2.05) is 6.92 Å². The van der Waals surface area contributed by atoms with Crippen molar-refractivity contribution in [3.8, 4) is 0 Å². The molecule has 1 aromatic rings. The Hall–Kier alpha value is -1.67. The number of halogens is 3. The fourth-order valence-corrected chi connectivity index (χ4v) is 2.47. The van der Waals surface area contributed by atoms with Crippen LogP contribution in [0.4, 0.5) is 13.2 Å². The number of nitrogens with one attached hydrogen (secondary N) is 1. The lowest BCUT2D eigenvalue weighted by Gasteiger charge is -2.30. The number of pyridine rings is 1. The number of nitrogens with zero attached hydrogens (tertiary/aromatic N) is 2. The van der Waals surface area contributed by atoms with Crippen molar-refractivity contribution in [2.24, 2.45) is 0 Å². The standard InChI is InChI=1S/C15H20F3N3O2/c1-2-12(14(22)21-6-8-23-9-7-21)20-10-13-11(15(16,17)18)4-3-5-19-13/h3-5,12,20H,2,6-10H2,1H3/t12-/m1/s1. The fraction of sp³-hybridized carbons (Fsp3) is 0.600. The first-order chi connectivity index (χ1) is 10.9. The maximum absolute atomic E-state index is 12.9. The van der Waals surface area contributed by atoms with Crippen LogP contribution in [0.25, 0.3) is 0 Å². The molecule has 0 spiro atoms. The number of aromatic nitrogens is 1. The lowest BCUT2D eigenvalue weighted by atomic mass is 10.1. The summed E-state index contributed by atoms with van der Waals surface area (Å²) in [6.07, 6.45) is -2.65. The van der Waals surface area contributed by atoms with Crippen LogP contribution in [-0.4, -0.2) is 48.1 Å². The SMILES string of the molecule is CC[C@@H](NCc1ncccc1C(F)(F)F)C(=O)N1CCOCC1. The summed E-state index contributed by atoms with van der Waals surface area (Å²) in [5, 5.41) is 2.90. The van der Waals surface area contributed by atoms with Gasteiger partial charge in [-0.15, -0.1) is 0 Å². The molecule has 0 saturated carbocycles. The van der Waals surface area contributed by atoms with E-state index >= 15 is 0 Å². The van der Waals surface area contributed by atoms with E-state index in [1.165, 1.54) is 12.3 Å². The average Bonchev–Trinajstić information content (AvgIpc) is 2.55. The van der Waals surface area contributed by atoms with Gasteiger partial charge in [0.05, 0.1) is 30.5 Å². The molecule has 5 nitrogen and oxygen atoms in total. The lowest BCUT2D eigenvalue weighted by Crippen LogP contribution is -2.50. The van der Waals surface area contributed by atoms with Gasteiger partial charge in [0, 0.05) is 25.8 Å². The van der Waals surface area contributed by atoms with Gasteiger partial charge in [-0.1, -0.05) is 6.92 Å². The molecule has 0 bridgehead atoms. The van der Waals surface area contributed by atoms with E-state index in [1.54, 1.807) is 4.90 Å². The molecule has 23 heavy (non-hydrogen) atoms. The van der Waals surface area contributed by atoms with Gasteiger partial charge in [-0.05, 0) is 18.6 Å². The van der Waals surface area contributed by atoms with Crippen LogP contribution in [0.1, 0.15) is 24.6 Å². The van der Waals surface area contributed by atoms with Gasteiger partial charge in [-0.3, -0.25) is 9.78 Å². The molecular formula is C15H20F3N3O2. The van der Waals surface area contributed by atoms with Crippen molar-refractivity contribution in [1.82, 2.24) is 15.2 Å². The largest absolute Gasteiger partial charge is 0.418 e. The monoisotopic (exact) mass is 331 g/mol. The highest BCUT2D eigenvalue weighted by Gasteiger charge is 2.34. The van der Waals surface area contributed by atoms with E-state index in [4.69, 9.17) is 4.74 Å². The number of carbonyl (C=O) groups excluding carboxylic acids is 1. The van der Waals surface area contributed by atoms with Crippen molar-refractivity contribution >= 4 is 5.91 Å². The zero-order valence-corrected chi connectivity index (χ0v) is 12.9. The molecule has 0 unspecified atom stereocenters. The van der Waals surface area contributed by atoms with Gasteiger partial charge < -0.3 is 15.0 Å². The fourth-order valence-electron chi connectivity index (χ4n) is 2.47. The van der Waals surface area contributed by atoms with E-state index in [0.29, 0.717) is 32.7 Å². The molecule has 1 saturated heterocycles. The summed E-state index contributed by atoms with van der Waals surface area (Å²) in [4.78, 5) is 17.9. The summed E-state index contributed by atoms with van der Waals surface area (Å²) in [6.45, 7) is 3.70. The zero-order chi connectivity index (χ0) is 16.9. The minimum Gasteiger partial charge on any atom is -0.378 e. The second-order valence-electron chi connectivity index (χ2n) is 5.27. The number of morpholine rings is 1. The van der Waals surface area contributed by atoms with E-state index in [-0.39, 0.29) is 18.1 Å². The molecule has 2 rings (SSSR count). The highest BCUT2D eigenvalue weighted by atomic mass is 19.4. The van der Waals surface area contributed by atoms with Crippen molar-refractivity contribution in [1.29, 1.82) is 0 Å². The first kappa shape index (κ1) is 17.7. The number of carbonyl (C=O) groups is 1. The Labute approximate surface area is 132 Å². The number of alkyl halides is 3. The third-order valence-electron chi connectivity index (χ3n) is 3.74. The molecule has 128 valence electrons. The number of amides is 1. The molecule has 0 radical (unpaired) electrons. The third kappa shape index (κ3) is 4.65. The van der Waals surface area contributed by atoms with E-state index in [2.05, 4.69) is 10.3 Å². The molecule has 1 N–H and O–H groups in total.